The lowest BCUT2D eigenvalue weighted by Crippen LogP contribution is -2.12. The third-order valence-electron chi connectivity index (χ3n) is 5.93. The minimum Gasteiger partial charge on any atom is -0.0917 e. The molecular formula is C25H32. The summed E-state index contributed by atoms with van der Waals surface area (Å²) in [5, 5.41) is 0. The molecule has 0 amide bonds. The fourth-order valence-electron chi connectivity index (χ4n) is 4.13. The summed E-state index contributed by atoms with van der Waals surface area (Å²) >= 11 is 0. The van der Waals surface area contributed by atoms with Crippen molar-refractivity contribution in [2.45, 2.75) is 64.7 Å². The average Bonchev–Trinajstić information content (AvgIpc) is 2.69. The largest absolute Gasteiger partial charge is 0.0917 e. The molecule has 1 aliphatic rings. The number of allylic oxidation sites excluding steroid dienone is 2. The molecule has 3 rings (SSSR count). The van der Waals surface area contributed by atoms with Crippen LogP contribution in [0.4, 0.5) is 0 Å². The van der Waals surface area contributed by atoms with Crippen molar-refractivity contribution in [3.63, 3.8) is 0 Å². The molecule has 0 heteroatoms. The topological polar surface area (TPSA) is 0 Å². The number of hydrogen-bond donors (Lipinski definition) is 0. The first-order chi connectivity index (χ1) is 12.3. The molecular weight excluding hydrogens is 300 g/mol. The summed E-state index contributed by atoms with van der Waals surface area (Å²) in [7, 11) is 0. The third kappa shape index (κ3) is 4.84. The number of rotatable bonds is 6. The molecule has 0 heterocycles. The summed E-state index contributed by atoms with van der Waals surface area (Å²) in [5.74, 6) is 1.76. The maximum Gasteiger partial charge on any atom is -0.0162 e. The maximum atomic E-state index is 2.37. The average molecular weight is 333 g/mol. The van der Waals surface area contributed by atoms with E-state index in [1.54, 1.807) is 5.56 Å². The van der Waals surface area contributed by atoms with Crippen molar-refractivity contribution in [1.82, 2.24) is 0 Å². The SMILES string of the molecule is C/C=C/CCc1ccc(-c2ccc(C3CCC(CC)CC3)cc2)cc1. The zero-order valence-electron chi connectivity index (χ0n) is 15.9. The highest BCUT2D eigenvalue weighted by Gasteiger charge is 2.21. The number of aryl methyl sites for hydroxylation is 1. The van der Waals surface area contributed by atoms with Crippen molar-refractivity contribution < 1.29 is 0 Å². The summed E-state index contributed by atoms with van der Waals surface area (Å²) in [5.41, 5.74) is 5.63. The second-order valence-corrected chi connectivity index (χ2v) is 7.55. The standard InChI is InChI=1S/C25H32/c1-3-5-6-7-21-10-14-23(15-11-21)25-18-16-24(17-19-25)22-12-8-20(4-2)9-13-22/h3,5,10-11,14-20,22H,4,6-9,12-13H2,1-2H3/b5-3+. The molecule has 0 aliphatic heterocycles. The number of hydrogen-bond acceptors (Lipinski definition) is 0. The molecule has 0 saturated heterocycles. The molecule has 0 atom stereocenters. The summed E-state index contributed by atoms with van der Waals surface area (Å²) in [4.78, 5) is 0. The molecule has 1 saturated carbocycles. The van der Waals surface area contributed by atoms with Crippen LogP contribution in [-0.2, 0) is 6.42 Å². The molecule has 0 N–H and O–H groups in total. The first-order valence-corrected chi connectivity index (χ1v) is 10.1. The molecule has 0 radical (unpaired) electrons. The van der Waals surface area contributed by atoms with Crippen LogP contribution in [0.2, 0.25) is 0 Å². The van der Waals surface area contributed by atoms with Crippen LogP contribution in [0, 0.1) is 5.92 Å². The Morgan fingerprint density at radius 3 is 2.00 bits per heavy atom. The van der Waals surface area contributed by atoms with Crippen molar-refractivity contribution in [2.75, 3.05) is 0 Å². The van der Waals surface area contributed by atoms with Crippen LogP contribution in [0.3, 0.4) is 0 Å². The second kappa shape index (κ2) is 9.04. The van der Waals surface area contributed by atoms with Gasteiger partial charge in [0.2, 0.25) is 0 Å². The minimum absolute atomic E-state index is 0.783. The van der Waals surface area contributed by atoms with Gasteiger partial charge >= 0.3 is 0 Å². The monoisotopic (exact) mass is 332 g/mol. The predicted octanol–water partition coefficient (Wildman–Crippen LogP) is 7.55. The van der Waals surface area contributed by atoms with E-state index in [4.69, 9.17) is 0 Å². The molecule has 132 valence electrons. The van der Waals surface area contributed by atoms with Gasteiger partial charge < -0.3 is 0 Å². The van der Waals surface area contributed by atoms with Crippen LogP contribution < -0.4 is 0 Å². The van der Waals surface area contributed by atoms with Crippen LogP contribution in [0.15, 0.2) is 60.7 Å². The van der Waals surface area contributed by atoms with Crippen molar-refractivity contribution in [1.29, 1.82) is 0 Å². The van der Waals surface area contributed by atoms with Gasteiger partial charge in [0, 0.05) is 0 Å². The van der Waals surface area contributed by atoms with Crippen LogP contribution in [0.25, 0.3) is 11.1 Å². The Morgan fingerprint density at radius 2 is 1.44 bits per heavy atom. The van der Waals surface area contributed by atoms with E-state index in [1.807, 2.05) is 0 Å². The Labute approximate surface area is 154 Å². The van der Waals surface area contributed by atoms with Gasteiger partial charge in [0.25, 0.3) is 0 Å². The lowest BCUT2D eigenvalue weighted by Gasteiger charge is -2.28. The van der Waals surface area contributed by atoms with E-state index in [0.717, 1.165) is 24.7 Å². The minimum atomic E-state index is 0.783. The van der Waals surface area contributed by atoms with E-state index in [0.29, 0.717) is 0 Å². The Hall–Kier alpha value is -1.82. The highest BCUT2D eigenvalue weighted by Crippen LogP contribution is 2.37. The highest BCUT2D eigenvalue weighted by molar-refractivity contribution is 5.64. The van der Waals surface area contributed by atoms with Gasteiger partial charge in [-0.15, -0.1) is 0 Å². The third-order valence-corrected chi connectivity index (χ3v) is 5.93. The van der Waals surface area contributed by atoms with Crippen molar-refractivity contribution in [3.8, 4) is 11.1 Å². The molecule has 1 fully saturated rings. The molecule has 25 heavy (non-hydrogen) atoms. The van der Waals surface area contributed by atoms with E-state index < -0.39 is 0 Å². The molecule has 0 bridgehead atoms. The van der Waals surface area contributed by atoms with Crippen molar-refractivity contribution in [2.24, 2.45) is 5.92 Å². The van der Waals surface area contributed by atoms with Gasteiger partial charge in [0.1, 0.15) is 0 Å². The second-order valence-electron chi connectivity index (χ2n) is 7.55. The van der Waals surface area contributed by atoms with E-state index >= 15 is 0 Å². The summed E-state index contributed by atoms with van der Waals surface area (Å²) < 4.78 is 0. The molecule has 0 nitrogen and oxygen atoms in total. The summed E-state index contributed by atoms with van der Waals surface area (Å²) in [6.45, 7) is 4.42. The van der Waals surface area contributed by atoms with Crippen molar-refractivity contribution in [3.05, 3.63) is 71.8 Å². The van der Waals surface area contributed by atoms with E-state index in [1.165, 1.54) is 48.8 Å². The molecule has 2 aromatic rings. The molecule has 2 aromatic carbocycles. The maximum absolute atomic E-state index is 2.37. The van der Waals surface area contributed by atoms with Gasteiger partial charge in [-0.2, -0.15) is 0 Å². The van der Waals surface area contributed by atoms with E-state index in [9.17, 15) is 0 Å². The highest BCUT2D eigenvalue weighted by atomic mass is 14.3. The van der Waals surface area contributed by atoms with Gasteiger partial charge in [-0.25, -0.2) is 0 Å². The van der Waals surface area contributed by atoms with E-state index in [2.05, 4.69) is 74.5 Å². The smallest absolute Gasteiger partial charge is 0.0162 e. The van der Waals surface area contributed by atoms with Gasteiger partial charge in [0.15, 0.2) is 0 Å². The summed E-state index contributed by atoms with van der Waals surface area (Å²) in [6, 6.07) is 18.5. The van der Waals surface area contributed by atoms with Crippen LogP contribution in [-0.4, -0.2) is 0 Å². The van der Waals surface area contributed by atoms with Gasteiger partial charge in [-0.3, -0.25) is 0 Å². The van der Waals surface area contributed by atoms with Crippen molar-refractivity contribution >= 4 is 0 Å². The zero-order valence-corrected chi connectivity index (χ0v) is 15.9. The van der Waals surface area contributed by atoms with Gasteiger partial charge in [-0.1, -0.05) is 74.0 Å². The van der Waals surface area contributed by atoms with E-state index in [-0.39, 0.29) is 0 Å². The first kappa shape index (κ1) is 18.0. The molecule has 0 spiro atoms. The van der Waals surface area contributed by atoms with Gasteiger partial charge in [0.05, 0.1) is 0 Å². The fourth-order valence-corrected chi connectivity index (χ4v) is 4.13. The Kier molecular flexibility index (Phi) is 6.50. The molecule has 1 aliphatic carbocycles. The zero-order chi connectivity index (χ0) is 17.5. The lowest BCUT2D eigenvalue weighted by molar-refractivity contribution is 0.319. The normalized spacial score (nSPS) is 20.9. The van der Waals surface area contributed by atoms with Crippen LogP contribution in [0.1, 0.15) is 69.4 Å². The summed E-state index contributed by atoms with van der Waals surface area (Å²) in [6.07, 6.45) is 13.6. The fraction of sp³-hybridized carbons (Fsp3) is 0.440. The Morgan fingerprint density at radius 1 is 0.840 bits per heavy atom. The molecule has 0 unspecified atom stereocenters. The van der Waals surface area contributed by atoms with Crippen LogP contribution in [0.5, 0.6) is 0 Å². The predicted molar refractivity (Wildman–Crippen MR) is 110 cm³/mol. The quantitative estimate of drug-likeness (QED) is 0.479. The van der Waals surface area contributed by atoms with Gasteiger partial charge in [-0.05, 0) is 79.5 Å². The lowest BCUT2D eigenvalue weighted by atomic mass is 9.77. The molecule has 0 aromatic heterocycles. The van der Waals surface area contributed by atoms with Crippen LogP contribution >= 0.6 is 0 Å². The Bertz CT molecular complexity index is 652. The number of benzene rings is 2. The Balaban J connectivity index is 1.62. The first-order valence-electron chi connectivity index (χ1n) is 10.1.